The highest BCUT2D eigenvalue weighted by atomic mass is 16.5. The molecule has 3 heterocycles. The number of hydrogen-bond donors (Lipinski definition) is 3. The molecule has 1 amide bonds. The summed E-state index contributed by atoms with van der Waals surface area (Å²) >= 11 is 0. The number of para-hydroxylation sites is 1. The molecule has 0 saturated carbocycles. The average Bonchev–Trinajstić information content (AvgIpc) is 3.34. The van der Waals surface area contributed by atoms with E-state index in [-0.39, 0.29) is 11.3 Å². The van der Waals surface area contributed by atoms with Crippen LogP contribution >= 0.6 is 0 Å². The lowest BCUT2D eigenvalue weighted by atomic mass is 9.89. The van der Waals surface area contributed by atoms with E-state index in [0.717, 1.165) is 5.56 Å². The monoisotopic (exact) mass is 432 g/mol. The van der Waals surface area contributed by atoms with Gasteiger partial charge in [-0.2, -0.15) is 0 Å². The number of carbonyl (C=O) groups excluding carboxylic acids is 1. The molecule has 0 spiro atoms. The second-order valence-corrected chi connectivity index (χ2v) is 7.53. The largest absolute Gasteiger partial charge is 0.497 e. The molecule has 162 valence electrons. The average molecular weight is 432 g/mol. The van der Waals surface area contributed by atoms with Crippen molar-refractivity contribution in [2.75, 3.05) is 19.5 Å². The van der Waals surface area contributed by atoms with Crippen molar-refractivity contribution in [2.45, 2.75) is 5.92 Å². The van der Waals surface area contributed by atoms with Crippen molar-refractivity contribution in [1.29, 1.82) is 0 Å². The van der Waals surface area contributed by atoms with Crippen LogP contribution in [0.4, 0.5) is 5.69 Å². The van der Waals surface area contributed by atoms with Crippen LogP contribution < -0.4 is 26.0 Å². The van der Waals surface area contributed by atoms with E-state index in [2.05, 4.69) is 15.3 Å². The molecule has 9 heteroatoms. The van der Waals surface area contributed by atoms with Crippen LogP contribution in [0.15, 0.2) is 52.1 Å². The van der Waals surface area contributed by atoms with Gasteiger partial charge in [0.1, 0.15) is 17.1 Å². The van der Waals surface area contributed by atoms with Gasteiger partial charge >= 0.3 is 5.69 Å². The molecule has 1 atom stereocenters. The van der Waals surface area contributed by atoms with Crippen LogP contribution in [-0.4, -0.2) is 34.7 Å². The number of nitrogens with one attached hydrogen (secondary N) is 3. The number of methoxy groups -OCH3 is 2. The van der Waals surface area contributed by atoms with Gasteiger partial charge in [-0.05, 0) is 29.8 Å². The quantitative estimate of drug-likeness (QED) is 0.457. The van der Waals surface area contributed by atoms with Crippen molar-refractivity contribution >= 4 is 22.6 Å². The Morgan fingerprint density at radius 3 is 2.50 bits per heavy atom. The standard InChI is InChI=1S/C23H20N4O5/c1-27-20-18(22(29)26-23(27)30)17(16-12-6-4-5-7-14(12)24-21(16)28)19(25-20)13-10-11(31-2)8-9-15(13)32-3/h4-10,16,25H,1-3H3,(H,24,28)(H,26,29,30)/t16-/m1/s1. The van der Waals surface area contributed by atoms with Crippen molar-refractivity contribution in [1.82, 2.24) is 14.5 Å². The zero-order valence-corrected chi connectivity index (χ0v) is 17.6. The van der Waals surface area contributed by atoms with Gasteiger partial charge in [-0.1, -0.05) is 18.2 Å². The number of H-pyrrole nitrogens is 2. The number of aryl methyl sites for hydroxylation is 1. The fourth-order valence-electron chi connectivity index (χ4n) is 4.33. The van der Waals surface area contributed by atoms with Gasteiger partial charge in [0.05, 0.1) is 31.2 Å². The number of amides is 1. The number of rotatable bonds is 4. The minimum atomic E-state index is -0.760. The number of anilines is 1. The maximum Gasteiger partial charge on any atom is 0.329 e. The Hall–Kier alpha value is -4.27. The Labute approximate surface area is 181 Å². The highest BCUT2D eigenvalue weighted by Crippen LogP contribution is 2.45. The lowest BCUT2D eigenvalue weighted by Gasteiger charge is -2.14. The van der Waals surface area contributed by atoms with Crippen molar-refractivity contribution < 1.29 is 14.3 Å². The summed E-state index contributed by atoms with van der Waals surface area (Å²) < 4.78 is 12.3. The van der Waals surface area contributed by atoms with Gasteiger partial charge in [-0.15, -0.1) is 0 Å². The van der Waals surface area contributed by atoms with Crippen LogP contribution in [-0.2, 0) is 11.8 Å². The molecule has 0 aliphatic carbocycles. The summed E-state index contributed by atoms with van der Waals surface area (Å²) in [6.07, 6.45) is 0. The predicted molar refractivity (Wildman–Crippen MR) is 120 cm³/mol. The Kier molecular flexibility index (Phi) is 4.40. The summed E-state index contributed by atoms with van der Waals surface area (Å²) in [5.74, 6) is 0.0733. The molecule has 32 heavy (non-hydrogen) atoms. The van der Waals surface area contributed by atoms with Gasteiger partial charge < -0.3 is 19.8 Å². The second-order valence-electron chi connectivity index (χ2n) is 7.53. The zero-order valence-electron chi connectivity index (χ0n) is 17.6. The molecule has 2 aromatic heterocycles. The van der Waals surface area contributed by atoms with Crippen LogP contribution in [0.3, 0.4) is 0 Å². The van der Waals surface area contributed by atoms with E-state index in [9.17, 15) is 14.4 Å². The van der Waals surface area contributed by atoms with Gasteiger partial charge in [0.25, 0.3) is 5.56 Å². The van der Waals surface area contributed by atoms with Crippen LogP contribution in [0.5, 0.6) is 11.5 Å². The van der Waals surface area contributed by atoms with Crippen molar-refractivity contribution in [3.05, 3.63) is 74.4 Å². The van der Waals surface area contributed by atoms with Gasteiger partial charge in [0, 0.05) is 23.9 Å². The van der Waals surface area contributed by atoms with Gasteiger partial charge in [0.2, 0.25) is 5.91 Å². The van der Waals surface area contributed by atoms with Crippen LogP contribution in [0, 0.1) is 0 Å². The topological polar surface area (TPSA) is 118 Å². The van der Waals surface area contributed by atoms with Crippen molar-refractivity contribution in [3.63, 3.8) is 0 Å². The molecule has 2 aromatic carbocycles. The molecule has 1 aliphatic heterocycles. The van der Waals surface area contributed by atoms with E-state index >= 15 is 0 Å². The summed E-state index contributed by atoms with van der Waals surface area (Å²) in [7, 11) is 4.64. The highest BCUT2D eigenvalue weighted by Gasteiger charge is 2.37. The first kappa shape index (κ1) is 19.7. The van der Waals surface area contributed by atoms with E-state index in [1.54, 1.807) is 32.4 Å². The third-order valence-electron chi connectivity index (χ3n) is 5.86. The number of fused-ring (bicyclic) bond motifs is 2. The third kappa shape index (κ3) is 2.74. The maximum atomic E-state index is 13.1. The Morgan fingerprint density at radius 1 is 0.969 bits per heavy atom. The first-order chi connectivity index (χ1) is 15.4. The van der Waals surface area contributed by atoms with Gasteiger partial charge in [0.15, 0.2) is 0 Å². The van der Waals surface area contributed by atoms with Crippen LogP contribution in [0.2, 0.25) is 0 Å². The number of carbonyl (C=O) groups is 1. The molecule has 3 N–H and O–H groups in total. The van der Waals surface area contributed by atoms with E-state index in [1.165, 1.54) is 11.7 Å². The summed E-state index contributed by atoms with van der Waals surface area (Å²) in [5, 5.41) is 3.13. The molecular formula is C23H20N4O5. The Balaban J connectivity index is 1.94. The number of benzene rings is 2. The number of aromatic nitrogens is 3. The number of nitrogens with zero attached hydrogens (tertiary/aromatic N) is 1. The molecule has 9 nitrogen and oxygen atoms in total. The number of ether oxygens (including phenoxy) is 2. The van der Waals surface area contributed by atoms with Gasteiger partial charge in [-0.25, -0.2) is 4.79 Å². The summed E-state index contributed by atoms with van der Waals surface area (Å²) in [6.45, 7) is 0. The smallest absolute Gasteiger partial charge is 0.329 e. The minimum Gasteiger partial charge on any atom is -0.497 e. The fraction of sp³-hybridized carbons (Fsp3) is 0.174. The highest BCUT2D eigenvalue weighted by molar-refractivity contribution is 6.09. The van der Waals surface area contributed by atoms with E-state index in [0.29, 0.717) is 39.7 Å². The number of hydrogen-bond acceptors (Lipinski definition) is 5. The zero-order chi connectivity index (χ0) is 22.6. The molecule has 0 radical (unpaired) electrons. The Morgan fingerprint density at radius 2 is 1.75 bits per heavy atom. The SMILES string of the molecule is COc1ccc(OC)c(-c2[nH]c3c(c2[C@@H]2C(=O)Nc4ccccc42)c(=O)[nH]c(=O)n3C)c1. The lowest BCUT2D eigenvalue weighted by Crippen LogP contribution is -2.28. The summed E-state index contributed by atoms with van der Waals surface area (Å²) in [5.41, 5.74) is 2.17. The third-order valence-corrected chi connectivity index (χ3v) is 5.86. The van der Waals surface area contributed by atoms with E-state index < -0.39 is 17.2 Å². The van der Waals surface area contributed by atoms with Crippen LogP contribution in [0.1, 0.15) is 17.0 Å². The first-order valence-corrected chi connectivity index (χ1v) is 9.91. The van der Waals surface area contributed by atoms with Gasteiger partial charge in [-0.3, -0.25) is 19.1 Å². The van der Waals surface area contributed by atoms with Crippen molar-refractivity contribution in [3.8, 4) is 22.8 Å². The normalized spacial score (nSPS) is 15.0. The molecule has 0 bridgehead atoms. The maximum absolute atomic E-state index is 13.1. The summed E-state index contributed by atoms with van der Waals surface area (Å²) in [6, 6.07) is 12.6. The second kappa shape index (κ2) is 7.16. The molecular weight excluding hydrogens is 412 g/mol. The molecule has 5 rings (SSSR count). The Bertz CT molecular complexity index is 1510. The molecule has 0 fully saturated rings. The minimum absolute atomic E-state index is 0.240. The fourth-order valence-corrected chi connectivity index (χ4v) is 4.33. The van der Waals surface area contributed by atoms with Crippen molar-refractivity contribution in [2.24, 2.45) is 7.05 Å². The molecule has 4 aromatic rings. The predicted octanol–water partition coefficient (Wildman–Crippen LogP) is 2.32. The van der Waals surface area contributed by atoms with Crippen LogP contribution in [0.25, 0.3) is 22.3 Å². The molecule has 1 aliphatic rings. The summed E-state index contributed by atoms with van der Waals surface area (Å²) in [4.78, 5) is 44.0. The lowest BCUT2D eigenvalue weighted by molar-refractivity contribution is -0.116. The first-order valence-electron chi connectivity index (χ1n) is 9.91. The molecule has 0 saturated heterocycles. The molecule has 0 unspecified atom stereocenters. The number of aromatic amines is 2. The van der Waals surface area contributed by atoms with E-state index in [4.69, 9.17) is 9.47 Å². The van der Waals surface area contributed by atoms with E-state index in [1.807, 2.05) is 24.3 Å².